The summed E-state index contributed by atoms with van der Waals surface area (Å²) in [6, 6.07) is 9.36. The lowest BCUT2D eigenvalue weighted by molar-refractivity contribution is 0.0955. The lowest BCUT2D eigenvalue weighted by Gasteiger charge is -2.02. The average molecular weight is 400 g/mol. The van der Waals surface area contributed by atoms with Gasteiger partial charge < -0.3 is 0 Å². The van der Waals surface area contributed by atoms with E-state index in [0.29, 0.717) is 5.56 Å². The normalized spacial score (nSPS) is 11.6. The van der Waals surface area contributed by atoms with Gasteiger partial charge in [0.15, 0.2) is 0 Å². The van der Waals surface area contributed by atoms with Gasteiger partial charge in [-0.05, 0) is 57.9 Å². The minimum atomic E-state index is -3.80. The van der Waals surface area contributed by atoms with Crippen LogP contribution in [0.4, 0.5) is 4.39 Å². The summed E-state index contributed by atoms with van der Waals surface area (Å²) in [6.45, 7) is 0. The van der Waals surface area contributed by atoms with E-state index in [1.807, 2.05) is 0 Å². The second-order valence-corrected chi connectivity index (χ2v) is 6.86. The summed E-state index contributed by atoms with van der Waals surface area (Å²) in [5.41, 5.74) is 3.08. The van der Waals surface area contributed by atoms with Crippen molar-refractivity contribution in [3.05, 3.63) is 63.9 Å². The van der Waals surface area contributed by atoms with Gasteiger partial charge in [-0.15, -0.1) is 0 Å². The summed E-state index contributed by atoms with van der Waals surface area (Å²) in [6.07, 6.45) is 1.35. The number of sulfonamides is 1. The third kappa shape index (κ3) is 4.68. The quantitative estimate of drug-likeness (QED) is 0.606. The predicted molar refractivity (Wildman–Crippen MR) is 87.0 cm³/mol. The highest BCUT2D eigenvalue weighted by Gasteiger charge is 2.09. The zero-order chi connectivity index (χ0) is 17.0. The number of nitrogens with one attached hydrogen (secondary N) is 1. The van der Waals surface area contributed by atoms with Gasteiger partial charge in [-0.25, -0.2) is 23.4 Å². The lowest BCUT2D eigenvalue weighted by Crippen LogP contribution is -2.18. The van der Waals surface area contributed by atoms with Crippen LogP contribution in [0.3, 0.4) is 0 Å². The first-order valence-electron chi connectivity index (χ1n) is 6.19. The van der Waals surface area contributed by atoms with Crippen LogP contribution in [0.15, 0.2) is 56.9 Å². The van der Waals surface area contributed by atoms with Crippen molar-refractivity contribution in [2.24, 2.45) is 10.2 Å². The molecule has 0 aliphatic heterocycles. The Kier molecular flexibility index (Phi) is 5.24. The van der Waals surface area contributed by atoms with E-state index in [1.54, 1.807) is 0 Å². The molecule has 0 atom stereocenters. The van der Waals surface area contributed by atoms with Crippen LogP contribution in [0, 0.1) is 5.82 Å². The minimum absolute atomic E-state index is 0.0892. The van der Waals surface area contributed by atoms with E-state index in [9.17, 15) is 17.6 Å². The van der Waals surface area contributed by atoms with Crippen molar-refractivity contribution in [1.82, 2.24) is 5.43 Å². The van der Waals surface area contributed by atoms with Gasteiger partial charge in [0.1, 0.15) is 5.82 Å². The molecule has 0 saturated heterocycles. The molecule has 9 heteroatoms. The molecule has 0 unspecified atom stereocenters. The van der Waals surface area contributed by atoms with Crippen molar-refractivity contribution in [3.8, 4) is 0 Å². The molecule has 0 aliphatic carbocycles. The second-order valence-electron chi connectivity index (χ2n) is 4.44. The molecule has 0 heterocycles. The fraction of sp³-hybridized carbons (Fsp3) is 0. The smallest absolute Gasteiger partial charge is 0.267 e. The molecule has 2 aromatic rings. The molecule has 0 radical (unpaired) electrons. The molecule has 2 aromatic carbocycles. The molecule has 1 amide bonds. The highest BCUT2D eigenvalue weighted by molar-refractivity contribution is 9.10. The van der Waals surface area contributed by atoms with Crippen molar-refractivity contribution in [2.45, 2.75) is 4.90 Å². The molecule has 2 rings (SSSR count). The largest absolute Gasteiger partial charge is 0.271 e. The predicted octanol–water partition coefficient (Wildman–Crippen LogP) is 2.00. The summed E-state index contributed by atoms with van der Waals surface area (Å²) in [5, 5.41) is 8.72. The molecular weight excluding hydrogens is 389 g/mol. The molecule has 0 bridgehead atoms. The Morgan fingerprint density at radius 1 is 1.22 bits per heavy atom. The van der Waals surface area contributed by atoms with E-state index in [4.69, 9.17) is 5.14 Å². The Bertz CT molecular complexity index is 867. The van der Waals surface area contributed by atoms with E-state index >= 15 is 0 Å². The number of hydrogen-bond donors (Lipinski definition) is 2. The number of nitrogens with zero attached hydrogens (tertiary/aromatic N) is 1. The third-order valence-electron chi connectivity index (χ3n) is 2.77. The summed E-state index contributed by atoms with van der Waals surface area (Å²) >= 11 is 3.04. The van der Waals surface area contributed by atoms with Crippen molar-refractivity contribution in [3.63, 3.8) is 0 Å². The summed E-state index contributed by atoms with van der Waals surface area (Å²) < 4.78 is 35.6. The molecule has 0 aromatic heterocycles. The van der Waals surface area contributed by atoms with Gasteiger partial charge in [0.05, 0.1) is 15.6 Å². The van der Waals surface area contributed by atoms with Gasteiger partial charge in [-0.3, -0.25) is 4.79 Å². The Balaban J connectivity index is 2.04. The molecule has 3 N–H and O–H groups in total. The summed E-state index contributed by atoms with van der Waals surface area (Å²) in [4.78, 5) is 11.8. The van der Waals surface area contributed by atoms with Crippen LogP contribution in [0.25, 0.3) is 0 Å². The fourth-order valence-electron chi connectivity index (χ4n) is 1.62. The Hall–Kier alpha value is -2.10. The molecule has 23 heavy (non-hydrogen) atoms. The summed E-state index contributed by atoms with van der Waals surface area (Å²) in [5.74, 6) is -0.926. The number of rotatable bonds is 4. The zero-order valence-electron chi connectivity index (χ0n) is 11.5. The van der Waals surface area contributed by atoms with Crippen LogP contribution in [0.5, 0.6) is 0 Å². The minimum Gasteiger partial charge on any atom is -0.267 e. The number of hydrogen-bond acceptors (Lipinski definition) is 4. The van der Waals surface area contributed by atoms with Crippen LogP contribution in [0.2, 0.25) is 0 Å². The maximum absolute atomic E-state index is 13.1. The van der Waals surface area contributed by atoms with Gasteiger partial charge >= 0.3 is 0 Å². The van der Waals surface area contributed by atoms with Gasteiger partial charge in [-0.1, -0.05) is 6.07 Å². The van der Waals surface area contributed by atoms with E-state index in [0.717, 1.165) is 0 Å². The van der Waals surface area contributed by atoms with Crippen molar-refractivity contribution in [1.29, 1.82) is 0 Å². The number of carbonyl (C=O) groups is 1. The lowest BCUT2D eigenvalue weighted by atomic mass is 10.2. The van der Waals surface area contributed by atoms with Gasteiger partial charge in [0, 0.05) is 5.56 Å². The van der Waals surface area contributed by atoms with E-state index in [-0.39, 0.29) is 14.9 Å². The molecule has 0 spiro atoms. The van der Waals surface area contributed by atoms with Crippen LogP contribution < -0.4 is 10.6 Å². The van der Waals surface area contributed by atoms with Crippen molar-refractivity contribution < 1.29 is 17.6 Å². The SMILES string of the molecule is NS(=O)(=O)c1ccc(C(=O)N/N=C/c2ccc(F)c(Br)c2)cc1. The number of nitrogens with two attached hydrogens (primary N) is 1. The topological polar surface area (TPSA) is 102 Å². The summed E-state index contributed by atoms with van der Waals surface area (Å²) in [7, 11) is -3.80. The van der Waals surface area contributed by atoms with Crippen LogP contribution in [-0.2, 0) is 10.0 Å². The van der Waals surface area contributed by atoms with Crippen molar-refractivity contribution >= 4 is 38.1 Å². The maximum atomic E-state index is 13.1. The second kappa shape index (κ2) is 6.99. The van der Waals surface area contributed by atoms with Crippen LogP contribution in [0.1, 0.15) is 15.9 Å². The van der Waals surface area contributed by atoms with Gasteiger partial charge in [0.25, 0.3) is 5.91 Å². The first kappa shape index (κ1) is 17.3. The first-order valence-corrected chi connectivity index (χ1v) is 8.52. The first-order chi connectivity index (χ1) is 10.8. The number of amides is 1. The Morgan fingerprint density at radius 3 is 2.43 bits per heavy atom. The number of halogens is 2. The number of carbonyl (C=O) groups excluding carboxylic acids is 1. The zero-order valence-corrected chi connectivity index (χ0v) is 13.9. The average Bonchev–Trinajstić information content (AvgIpc) is 2.50. The molecule has 6 nitrogen and oxygen atoms in total. The number of benzene rings is 2. The van der Waals surface area contributed by atoms with Crippen LogP contribution in [-0.4, -0.2) is 20.5 Å². The highest BCUT2D eigenvalue weighted by atomic mass is 79.9. The monoisotopic (exact) mass is 399 g/mol. The van der Waals surface area contributed by atoms with E-state index in [2.05, 4.69) is 26.5 Å². The van der Waals surface area contributed by atoms with Gasteiger partial charge in [0.2, 0.25) is 10.0 Å². The van der Waals surface area contributed by atoms with E-state index in [1.165, 1.54) is 48.7 Å². The van der Waals surface area contributed by atoms with Gasteiger partial charge in [-0.2, -0.15) is 5.10 Å². The molecular formula is C14H11BrFN3O3S. The number of hydrazone groups is 1. The van der Waals surface area contributed by atoms with Crippen molar-refractivity contribution in [2.75, 3.05) is 0 Å². The standard InChI is InChI=1S/C14H11BrFN3O3S/c15-12-7-9(1-6-13(12)16)8-18-19-14(20)10-2-4-11(5-3-10)23(17,21)22/h1-8H,(H,19,20)(H2,17,21,22)/b18-8+. The number of primary sulfonamides is 1. The van der Waals surface area contributed by atoms with E-state index < -0.39 is 21.7 Å². The Morgan fingerprint density at radius 2 is 1.87 bits per heavy atom. The molecule has 0 aliphatic rings. The third-order valence-corrected chi connectivity index (χ3v) is 4.31. The van der Waals surface area contributed by atoms with Crippen LogP contribution >= 0.6 is 15.9 Å². The molecule has 0 saturated carbocycles. The molecule has 120 valence electrons. The fourth-order valence-corrected chi connectivity index (χ4v) is 2.53. The molecule has 0 fully saturated rings. The maximum Gasteiger partial charge on any atom is 0.271 e. The highest BCUT2D eigenvalue weighted by Crippen LogP contribution is 2.15. The Labute approximate surface area is 140 Å².